The number of halogens is 1. The maximum absolute atomic E-state index is 4.36. The first-order valence-electron chi connectivity index (χ1n) is 8.65. The van der Waals surface area contributed by atoms with Crippen molar-refractivity contribution in [3.05, 3.63) is 70.9 Å². The number of hydrogen-bond acceptors (Lipinski definition) is 3. The van der Waals surface area contributed by atoms with Crippen molar-refractivity contribution in [1.29, 1.82) is 0 Å². The van der Waals surface area contributed by atoms with Gasteiger partial charge in [0.25, 0.3) is 0 Å². The number of rotatable bonds is 6. The van der Waals surface area contributed by atoms with Gasteiger partial charge in [-0.25, -0.2) is 4.98 Å². The molecular formula is C20H26IN5S. The summed E-state index contributed by atoms with van der Waals surface area (Å²) in [5.74, 6) is 0.801. The molecule has 0 bridgehead atoms. The minimum atomic E-state index is 0. The van der Waals surface area contributed by atoms with Crippen LogP contribution in [0.3, 0.4) is 0 Å². The fourth-order valence-electron chi connectivity index (χ4n) is 2.77. The second-order valence-electron chi connectivity index (χ2n) is 6.74. The lowest BCUT2D eigenvalue weighted by atomic mass is 9.91. The Labute approximate surface area is 182 Å². The molecule has 27 heavy (non-hydrogen) atoms. The van der Waals surface area contributed by atoms with Crippen molar-refractivity contribution in [1.82, 2.24) is 20.2 Å². The Balaban J connectivity index is 0.00000261. The number of guanidine groups is 1. The van der Waals surface area contributed by atoms with Gasteiger partial charge in [0.1, 0.15) is 0 Å². The number of aromatic nitrogens is 2. The first-order valence-corrected chi connectivity index (χ1v) is 9.53. The van der Waals surface area contributed by atoms with Crippen LogP contribution in [0.15, 0.2) is 65.5 Å². The number of hydrogen-bond donors (Lipinski definition) is 2. The monoisotopic (exact) mass is 495 g/mol. The third kappa shape index (κ3) is 5.55. The SMILES string of the molecule is CN=C(NCc1ccccc1-n1ccnc1)NCC(C)(C)c1cccs1.I. The molecule has 3 rings (SSSR count). The maximum atomic E-state index is 4.36. The van der Waals surface area contributed by atoms with Gasteiger partial charge in [0.15, 0.2) is 5.96 Å². The van der Waals surface area contributed by atoms with Crippen molar-refractivity contribution < 1.29 is 0 Å². The van der Waals surface area contributed by atoms with Crippen LogP contribution in [-0.4, -0.2) is 29.1 Å². The van der Waals surface area contributed by atoms with E-state index in [1.165, 1.54) is 10.4 Å². The third-order valence-corrected chi connectivity index (χ3v) is 5.57. The van der Waals surface area contributed by atoms with Gasteiger partial charge in [-0.1, -0.05) is 38.1 Å². The average molecular weight is 495 g/mol. The molecule has 0 radical (unpaired) electrons. The second kappa shape index (κ2) is 9.89. The van der Waals surface area contributed by atoms with Crippen LogP contribution < -0.4 is 10.6 Å². The number of thiophene rings is 1. The topological polar surface area (TPSA) is 54.2 Å². The standard InChI is InChI=1S/C20H25N5S.HI/c1-20(2,18-9-6-12-26-18)14-24-19(21-3)23-13-16-7-4-5-8-17(16)25-11-10-22-15-25;/h4-12,15H,13-14H2,1-3H3,(H2,21,23,24);1H. The van der Waals surface area contributed by atoms with Crippen LogP contribution >= 0.6 is 35.3 Å². The van der Waals surface area contributed by atoms with Crippen molar-refractivity contribution in [2.45, 2.75) is 25.8 Å². The van der Waals surface area contributed by atoms with E-state index in [2.05, 4.69) is 64.1 Å². The average Bonchev–Trinajstić information content (AvgIpc) is 3.36. The highest BCUT2D eigenvalue weighted by Gasteiger charge is 2.21. The van der Waals surface area contributed by atoms with Crippen molar-refractivity contribution in [2.24, 2.45) is 4.99 Å². The van der Waals surface area contributed by atoms with E-state index < -0.39 is 0 Å². The fourth-order valence-corrected chi connectivity index (χ4v) is 3.62. The molecule has 2 aromatic heterocycles. The molecule has 0 aliphatic rings. The van der Waals surface area contributed by atoms with Gasteiger partial charge in [-0.3, -0.25) is 4.99 Å². The first-order chi connectivity index (χ1) is 12.6. The Morgan fingerprint density at radius 3 is 2.67 bits per heavy atom. The smallest absolute Gasteiger partial charge is 0.191 e. The van der Waals surface area contributed by atoms with E-state index in [-0.39, 0.29) is 29.4 Å². The Hall–Kier alpha value is -1.87. The highest BCUT2D eigenvalue weighted by atomic mass is 127. The zero-order valence-corrected chi connectivity index (χ0v) is 19.0. The predicted molar refractivity (Wildman–Crippen MR) is 125 cm³/mol. The zero-order chi connectivity index (χ0) is 18.4. The number of nitrogens with zero attached hydrogens (tertiary/aromatic N) is 3. The molecule has 7 heteroatoms. The van der Waals surface area contributed by atoms with Crippen LogP contribution in [0, 0.1) is 0 Å². The van der Waals surface area contributed by atoms with Gasteiger partial charge in [-0.2, -0.15) is 0 Å². The van der Waals surface area contributed by atoms with Crippen molar-refractivity contribution in [3.8, 4) is 5.69 Å². The van der Waals surface area contributed by atoms with Gasteiger partial charge in [0.2, 0.25) is 0 Å². The molecule has 0 aliphatic heterocycles. The van der Waals surface area contributed by atoms with Crippen LogP contribution in [0.4, 0.5) is 0 Å². The number of aliphatic imine (C=N–C) groups is 1. The molecule has 144 valence electrons. The summed E-state index contributed by atoms with van der Waals surface area (Å²) in [4.78, 5) is 9.86. The summed E-state index contributed by atoms with van der Waals surface area (Å²) in [5.41, 5.74) is 2.36. The Morgan fingerprint density at radius 1 is 1.19 bits per heavy atom. The minimum absolute atomic E-state index is 0. The molecule has 0 saturated carbocycles. The van der Waals surface area contributed by atoms with E-state index >= 15 is 0 Å². The molecular weight excluding hydrogens is 469 g/mol. The normalized spacial score (nSPS) is 11.7. The van der Waals surface area contributed by atoms with E-state index in [1.807, 2.05) is 29.2 Å². The predicted octanol–water partition coefficient (Wildman–Crippen LogP) is 4.19. The number of imidazole rings is 1. The van der Waals surface area contributed by atoms with E-state index in [0.29, 0.717) is 6.54 Å². The lowest BCUT2D eigenvalue weighted by Crippen LogP contribution is -2.43. The Morgan fingerprint density at radius 2 is 2.00 bits per heavy atom. The van der Waals surface area contributed by atoms with E-state index in [9.17, 15) is 0 Å². The molecule has 0 spiro atoms. The molecule has 3 aromatic rings. The van der Waals surface area contributed by atoms with Crippen LogP contribution in [-0.2, 0) is 12.0 Å². The summed E-state index contributed by atoms with van der Waals surface area (Å²) in [6.45, 7) is 5.99. The Bertz CT molecular complexity index is 841. The molecule has 5 nitrogen and oxygen atoms in total. The summed E-state index contributed by atoms with van der Waals surface area (Å²) in [6.07, 6.45) is 5.56. The highest BCUT2D eigenvalue weighted by Crippen LogP contribution is 2.26. The molecule has 2 heterocycles. The molecule has 0 aliphatic carbocycles. The van der Waals surface area contributed by atoms with Crippen LogP contribution in [0.1, 0.15) is 24.3 Å². The third-order valence-electron chi connectivity index (χ3n) is 4.33. The van der Waals surface area contributed by atoms with Gasteiger partial charge >= 0.3 is 0 Å². The maximum Gasteiger partial charge on any atom is 0.191 e. The largest absolute Gasteiger partial charge is 0.356 e. The molecule has 0 fully saturated rings. The van der Waals surface area contributed by atoms with Gasteiger partial charge in [-0.15, -0.1) is 35.3 Å². The van der Waals surface area contributed by atoms with Gasteiger partial charge in [0, 0.05) is 42.8 Å². The Kier molecular flexibility index (Phi) is 7.85. The van der Waals surface area contributed by atoms with Gasteiger partial charge in [-0.05, 0) is 23.1 Å². The summed E-state index contributed by atoms with van der Waals surface area (Å²) in [6, 6.07) is 12.6. The fraction of sp³-hybridized carbons (Fsp3) is 0.300. The van der Waals surface area contributed by atoms with Crippen molar-refractivity contribution in [2.75, 3.05) is 13.6 Å². The lowest BCUT2D eigenvalue weighted by molar-refractivity contribution is 0.518. The summed E-state index contributed by atoms with van der Waals surface area (Å²) in [7, 11) is 1.80. The molecule has 0 amide bonds. The second-order valence-corrected chi connectivity index (χ2v) is 7.69. The zero-order valence-electron chi connectivity index (χ0n) is 15.8. The number of benzene rings is 1. The van der Waals surface area contributed by atoms with E-state index in [4.69, 9.17) is 0 Å². The van der Waals surface area contributed by atoms with Gasteiger partial charge < -0.3 is 15.2 Å². The molecule has 0 atom stereocenters. The number of para-hydroxylation sites is 1. The lowest BCUT2D eigenvalue weighted by Gasteiger charge is -2.25. The summed E-state index contributed by atoms with van der Waals surface area (Å²) < 4.78 is 2.02. The molecule has 0 saturated heterocycles. The number of nitrogens with one attached hydrogen (secondary N) is 2. The first kappa shape index (κ1) is 21.4. The van der Waals surface area contributed by atoms with Crippen LogP contribution in [0.5, 0.6) is 0 Å². The molecule has 0 unspecified atom stereocenters. The van der Waals surface area contributed by atoms with E-state index in [0.717, 1.165) is 18.2 Å². The summed E-state index contributed by atoms with van der Waals surface area (Å²) >= 11 is 1.79. The van der Waals surface area contributed by atoms with E-state index in [1.54, 1.807) is 24.6 Å². The minimum Gasteiger partial charge on any atom is -0.356 e. The molecule has 1 aromatic carbocycles. The van der Waals surface area contributed by atoms with Gasteiger partial charge in [0.05, 0.1) is 12.0 Å². The van der Waals surface area contributed by atoms with Crippen molar-refractivity contribution in [3.63, 3.8) is 0 Å². The summed E-state index contributed by atoms with van der Waals surface area (Å²) in [5, 5.41) is 8.99. The van der Waals surface area contributed by atoms with Crippen molar-refractivity contribution >= 4 is 41.3 Å². The van der Waals surface area contributed by atoms with Crippen LogP contribution in [0.2, 0.25) is 0 Å². The quantitative estimate of drug-likeness (QED) is 0.306. The highest BCUT2D eigenvalue weighted by molar-refractivity contribution is 14.0. The molecule has 2 N–H and O–H groups in total. The van der Waals surface area contributed by atoms with Crippen LogP contribution in [0.25, 0.3) is 5.69 Å².